The summed E-state index contributed by atoms with van der Waals surface area (Å²) in [7, 11) is -3.82. The monoisotopic (exact) mass is 563 g/mol. The van der Waals surface area contributed by atoms with E-state index >= 15 is 0 Å². The van der Waals surface area contributed by atoms with Crippen LogP contribution in [-0.2, 0) is 21.3 Å². The van der Waals surface area contributed by atoms with Crippen molar-refractivity contribution in [3.8, 4) is 0 Å². The first-order valence-electron chi connectivity index (χ1n) is 11.0. The topological polar surface area (TPSA) is 89.8 Å². The number of hydrogen-bond acceptors (Lipinski definition) is 5. The summed E-state index contributed by atoms with van der Waals surface area (Å²) in [6.45, 7) is 5.16. The van der Waals surface area contributed by atoms with Crippen LogP contribution >= 0.6 is 34.5 Å². The predicted octanol–water partition coefficient (Wildman–Crippen LogP) is 5.90. The van der Waals surface area contributed by atoms with E-state index in [4.69, 9.17) is 27.9 Å². The summed E-state index contributed by atoms with van der Waals surface area (Å²) >= 11 is 14.1. The van der Waals surface area contributed by atoms with E-state index < -0.39 is 15.9 Å². The number of carbonyl (C=O) groups excluding carboxylic acids is 1. The predicted molar refractivity (Wildman–Crippen MR) is 145 cm³/mol. The van der Waals surface area contributed by atoms with Crippen molar-refractivity contribution in [1.29, 1.82) is 0 Å². The van der Waals surface area contributed by atoms with Crippen LogP contribution in [-0.4, -0.2) is 32.1 Å². The first-order valence-corrected chi connectivity index (χ1v) is 14.1. The van der Waals surface area contributed by atoms with Crippen LogP contribution in [0.2, 0.25) is 10.0 Å². The zero-order valence-corrected chi connectivity index (χ0v) is 22.6. The third-order valence-electron chi connectivity index (χ3n) is 5.28. The van der Waals surface area contributed by atoms with E-state index in [1.165, 1.54) is 29.5 Å². The number of rotatable bonds is 8. The molecule has 0 aliphatic heterocycles. The van der Waals surface area contributed by atoms with Gasteiger partial charge >= 0.3 is 0 Å². The lowest BCUT2D eigenvalue weighted by atomic mass is 10.2. The second kappa shape index (κ2) is 11.1. The van der Waals surface area contributed by atoms with Crippen molar-refractivity contribution >= 4 is 66.4 Å². The summed E-state index contributed by atoms with van der Waals surface area (Å²) in [4.78, 5) is 18.0. The highest BCUT2D eigenvalue weighted by Gasteiger charge is 2.17. The van der Waals surface area contributed by atoms with Crippen LogP contribution in [0.15, 0.2) is 70.6 Å². The van der Waals surface area contributed by atoms with Gasteiger partial charge in [-0.05, 0) is 56.3 Å². The van der Waals surface area contributed by atoms with E-state index in [1.807, 2.05) is 18.4 Å². The number of halogens is 2. The lowest BCUT2D eigenvalue weighted by molar-refractivity contribution is 0.0996. The molecule has 3 aromatic carbocycles. The lowest BCUT2D eigenvalue weighted by Gasteiger charge is -2.09. The number of carbonyl (C=O) groups is 1. The molecule has 0 aliphatic carbocycles. The molecule has 1 amide bonds. The minimum Gasteiger partial charge on any atom is -0.380 e. The molecule has 4 rings (SSSR count). The fourth-order valence-corrected chi connectivity index (χ4v) is 6.22. The smallest absolute Gasteiger partial charge is 0.279 e. The minimum absolute atomic E-state index is 0.129. The Balaban J connectivity index is 1.69. The van der Waals surface area contributed by atoms with Crippen molar-refractivity contribution in [2.75, 3.05) is 17.9 Å². The van der Waals surface area contributed by atoms with Gasteiger partial charge in [-0.15, -0.1) is 0 Å². The minimum atomic E-state index is -3.82. The summed E-state index contributed by atoms with van der Waals surface area (Å²) in [5.74, 6) is -0.532. The maximum absolute atomic E-state index is 13.1. The van der Waals surface area contributed by atoms with Gasteiger partial charge in [0.05, 0.1) is 31.8 Å². The first kappa shape index (κ1) is 26.4. The second-order valence-electron chi connectivity index (χ2n) is 7.86. The molecule has 0 atom stereocenters. The molecule has 1 heterocycles. The average molecular weight is 565 g/mol. The van der Waals surface area contributed by atoms with Gasteiger partial charge in [0, 0.05) is 24.4 Å². The standard InChI is InChI=1S/C25H23Cl2N3O4S2/c1-3-34-14-13-30-22-20(26)11-12-21(27)23(22)35-25(30)28-24(31)17-5-4-6-18(15-17)29-36(32,33)19-9-7-16(2)8-10-19/h4-12,15,29H,3,13-14H2,1-2H3. The van der Waals surface area contributed by atoms with E-state index in [0.717, 1.165) is 5.56 Å². The highest BCUT2D eigenvalue weighted by atomic mass is 35.5. The lowest BCUT2D eigenvalue weighted by Crippen LogP contribution is -2.20. The molecule has 0 radical (unpaired) electrons. The van der Waals surface area contributed by atoms with Gasteiger partial charge in [-0.2, -0.15) is 4.99 Å². The third kappa shape index (κ3) is 5.82. The molecule has 0 spiro atoms. The largest absolute Gasteiger partial charge is 0.380 e. The van der Waals surface area contributed by atoms with Crippen LogP contribution in [0.1, 0.15) is 22.8 Å². The fourth-order valence-electron chi connectivity index (χ4n) is 3.50. The molecule has 36 heavy (non-hydrogen) atoms. The number of aryl methyl sites for hydroxylation is 1. The van der Waals surface area contributed by atoms with E-state index in [9.17, 15) is 13.2 Å². The molecule has 0 saturated heterocycles. The normalized spacial score (nSPS) is 12.3. The number of aromatic nitrogens is 1. The van der Waals surface area contributed by atoms with Crippen LogP contribution in [0.3, 0.4) is 0 Å². The number of fused-ring (bicyclic) bond motifs is 1. The van der Waals surface area contributed by atoms with Gasteiger partial charge in [0.25, 0.3) is 15.9 Å². The zero-order chi connectivity index (χ0) is 25.9. The van der Waals surface area contributed by atoms with Crippen LogP contribution in [0.25, 0.3) is 10.2 Å². The molecule has 0 unspecified atom stereocenters. The van der Waals surface area contributed by atoms with Crippen LogP contribution in [0, 0.1) is 6.92 Å². The van der Waals surface area contributed by atoms with Gasteiger partial charge in [0.1, 0.15) is 0 Å². The first-order chi connectivity index (χ1) is 17.2. The number of amides is 1. The molecule has 0 saturated carbocycles. The van der Waals surface area contributed by atoms with Crippen molar-refractivity contribution in [3.63, 3.8) is 0 Å². The number of sulfonamides is 1. The average Bonchev–Trinajstić information content (AvgIpc) is 3.21. The summed E-state index contributed by atoms with van der Waals surface area (Å²) < 4.78 is 36.1. The molecule has 0 bridgehead atoms. The molecular weight excluding hydrogens is 541 g/mol. The Kier molecular flexibility index (Phi) is 8.17. The molecule has 0 fully saturated rings. The fraction of sp³-hybridized carbons (Fsp3) is 0.200. The number of ether oxygens (including phenoxy) is 1. The number of hydrogen-bond donors (Lipinski definition) is 1. The quantitative estimate of drug-likeness (QED) is 0.270. The molecule has 11 heteroatoms. The van der Waals surface area contributed by atoms with Crippen molar-refractivity contribution in [1.82, 2.24) is 4.57 Å². The van der Waals surface area contributed by atoms with Gasteiger partial charge in [-0.3, -0.25) is 9.52 Å². The van der Waals surface area contributed by atoms with Gasteiger partial charge in [0.2, 0.25) is 0 Å². The maximum Gasteiger partial charge on any atom is 0.279 e. The summed E-state index contributed by atoms with van der Waals surface area (Å²) in [6.07, 6.45) is 0. The molecule has 0 aliphatic rings. The van der Waals surface area contributed by atoms with E-state index in [2.05, 4.69) is 9.71 Å². The number of nitrogens with zero attached hydrogens (tertiary/aromatic N) is 2. The number of benzene rings is 3. The Hall–Kier alpha value is -2.69. The van der Waals surface area contributed by atoms with E-state index in [1.54, 1.807) is 42.5 Å². The molecule has 1 N–H and O–H groups in total. The number of nitrogens with one attached hydrogen (secondary N) is 1. The SMILES string of the molecule is CCOCCn1c(=NC(=O)c2cccc(NS(=O)(=O)c3ccc(C)cc3)c2)sc2c(Cl)ccc(Cl)c21. The van der Waals surface area contributed by atoms with Crippen LogP contribution < -0.4 is 9.52 Å². The molecule has 4 aromatic rings. The Bertz CT molecular complexity index is 1590. The van der Waals surface area contributed by atoms with Crippen LogP contribution in [0.4, 0.5) is 5.69 Å². The highest BCUT2D eigenvalue weighted by Crippen LogP contribution is 2.32. The number of thiazole rings is 1. The van der Waals surface area contributed by atoms with Gasteiger partial charge in [-0.1, -0.05) is 58.3 Å². The zero-order valence-electron chi connectivity index (χ0n) is 19.5. The van der Waals surface area contributed by atoms with Crippen molar-refractivity contribution in [2.24, 2.45) is 4.99 Å². The summed E-state index contributed by atoms with van der Waals surface area (Å²) in [6, 6.07) is 16.1. The van der Waals surface area contributed by atoms with Crippen molar-refractivity contribution in [2.45, 2.75) is 25.3 Å². The van der Waals surface area contributed by atoms with Crippen molar-refractivity contribution < 1.29 is 17.9 Å². The third-order valence-corrected chi connectivity index (χ3v) is 8.52. The van der Waals surface area contributed by atoms with Crippen LogP contribution in [0.5, 0.6) is 0 Å². The van der Waals surface area contributed by atoms with Gasteiger partial charge < -0.3 is 9.30 Å². The van der Waals surface area contributed by atoms with E-state index in [0.29, 0.717) is 44.8 Å². The Morgan fingerprint density at radius 1 is 1.08 bits per heavy atom. The maximum atomic E-state index is 13.1. The Labute approximate surface area is 223 Å². The molecule has 188 valence electrons. The Morgan fingerprint density at radius 3 is 2.53 bits per heavy atom. The number of anilines is 1. The second-order valence-corrected chi connectivity index (χ2v) is 11.3. The summed E-state index contributed by atoms with van der Waals surface area (Å²) in [5.41, 5.74) is 2.11. The van der Waals surface area contributed by atoms with Gasteiger partial charge in [-0.25, -0.2) is 8.42 Å². The summed E-state index contributed by atoms with van der Waals surface area (Å²) in [5, 5.41) is 0.995. The molecular formula is C25H23Cl2N3O4S2. The molecule has 7 nitrogen and oxygen atoms in total. The van der Waals surface area contributed by atoms with Crippen molar-refractivity contribution in [3.05, 3.63) is 86.6 Å². The van der Waals surface area contributed by atoms with Gasteiger partial charge in [0.15, 0.2) is 4.80 Å². The Morgan fingerprint density at radius 2 is 1.81 bits per heavy atom. The van der Waals surface area contributed by atoms with E-state index in [-0.39, 0.29) is 16.1 Å². The highest BCUT2D eigenvalue weighted by molar-refractivity contribution is 7.92. The molecule has 1 aromatic heterocycles.